The lowest BCUT2D eigenvalue weighted by Gasteiger charge is -2.29. The van der Waals surface area contributed by atoms with Gasteiger partial charge < -0.3 is 5.32 Å². The van der Waals surface area contributed by atoms with Crippen LogP contribution in [0, 0.1) is 17.1 Å². The first kappa shape index (κ1) is 22.5. The molecule has 1 heterocycles. The predicted molar refractivity (Wildman–Crippen MR) is 112 cm³/mol. The molecule has 0 aliphatic heterocycles. The standard InChI is InChI=1S/C23H19F4N5O/c1-32(16-7-8-16)21(14-4-2-13(12-28)3-5-14)15-6-9-17(24)18(10-15)29-22(33)19-11-20(31-30-19)23(25,26)27/h2-6,9-11,16,21H,7-8H2,1H3,(H,29,33)(H,30,31). The van der Waals surface area contributed by atoms with Crippen molar-refractivity contribution in [2.75, 3.05) is 12.4 Å². The molecule has 170 valence electrons. The van der Waals surface area contributed by atoms with Crippen molar-refractivity contribution in [3.8, 4) is 6.07 Å². The van der Waals surface area contributed by atoms with Crippen molar-refractivity contribution in [2.45, 2.75) is 31.1 Å². The van der Waals surface area contributed by atoms with E-state index < -0.39 is 29.3 Å². The number of aromatic amines is 1. The van der Waals surface area contributed by atoms with Gasteiger partial charge in [-0.1, -0.05) is 18.2 Å². The van der Waals surface area contributed by atoms with E-state index in [2.05, 4.69) is 21.4 Å². The maximum absolute atomic E-state index is 14.5. The molecule has 10 heteroatoms. The highest BCUT2D eigenvalue weighted by Gasteiger charge is 2.35. The fraction of sp³-hybridized carbons (Fsp3) is 0.261. The van der Waals surface area contributed by atoms with Gasteiger partial charge in [0.25, 0.3) is 5.91 Å². The zero-order valence-corrected chi connectivity index (χ0v) is 17.4. The SMILES string of the molecule is CN(C1CC1)C(c1ccc(C#N)cc1)c1ccc(F)c(NC(=O)c2cc(C(F)(F)F)n[nH]2)c1. The lowest BCUT2D eigenvalue weighted by molar-refractivity contribution is -0.141. The highest BCUT2D eigenvalue weighted by atomic mass is 19.4. The summed E-state index contributed by atoms with van der Waals surface area (Å²) in [5.41, 5.74) is 0.238. The number of carbonyl (C=O) groups is 1. The molecule has 1 atom stereocenters. The smallest absolute Gasteiger partial charge is 0.318 e. The minimum absolute atomic E-state index is 0.163. The molecule has 1 amide bonds. The van der Waals surface area contributed by atoms with Crippen molar-refractivity contribution >= 4 is 11.6 Å². The fourth-order valence-electron chi connectivity index (χ4n) is 3.68. The molecule has 1 aliphatic rings. The second-order valence-electron chi connectivity index (χ2n) is 7.89. The van der Waals surface area contributed by atoms with Gasteiger partial charge >= 0.3 is 6.18 Å². The number of alkyl halides is 3. The summed E-state index contributed by atoms with van der Waals surface area (Å²) in [6, 6.07) is 14.0. The molecular formula is C23H19F4N5O. The van der Waals surface area contributed by atoms with E-state index >= 15 is 0 Å². The third-order valence-corrected chi connectivity index (χ3v) is 5.55. The van der Waals surface area contributed by atoms with Gasteiger partial charge in [0.2, 0.25) is 0 Å². The number of nitrogens with zero attached hydrogens (tertiary/aromatic N) is 3. The largest absolute Gasteiger partial charge is 0.435 e. The Kier molecular flexibility index (Phi) is 5.91. The molecule has 1 aromatic heterocycles. The van der Waals surface area contributed by atoms with E-state index in [1.54, 1.807) is 18.2 Å². The highest BCUT2D eigenvalue weighted by molar-refractivity contribution is 6.03. The number of carbonyl (C=O) groups excluding carboxylic acids is 1. The number of halogens is 4. The zero-order valence-electron chi connectivity index (χ0n) is 17.4. The molecule has 1 fully saturated rings. The predicted octanol–water partition coefficient (Wildman–Crippen LogP) is 4.88. The number of anilines is 1. The molecule has 1 unspecified atom stereocenters. The fourth-order valence-corrected chi connectivity index (χ4v) is 3.68. The lowest BCUT2D eigenvalue weighted by atomic mass is 9.95. The first-order valence-electron chi connectivity index (χ1n) is 10.1. The van der Waals surface area contributed by atoms with Crippen LogP contribution in [0.15, 0.2) is 48.5 Å². The molecule has 0 saturated heterocycles. The van der Waals surface area contributed by atoms with E-state index in [0.29, 0.717) is 23.2 Å². The molecule has 6 nitrogen and oxygen atoms in total. The van der Waals surface area contributed by atoms with E-state index in [-0.39, 0.29) is 11.7 Å². The van der Waals surface area contributed by atoms with E-state index in [1.165, 1.54) is 12.1 Å². The van der Waals surface area contributed by atoms with Crippen LogP contribution >= 0.6 is 0 Å². The molecule has 3 aromatic rings. The maximum atomic E-state index is 14.5. The summed E-state index contributed by atoms with van der Waals surface area (Å²) in [6.07, 6.45) is -2.66. The summed E-state index contributed by atoms with van der Waals surface area (Å²) in [5, 5.41) is 16.5. The number of aromatic nitrogens is 2. The number of hydrogen-bond donors (Lipinski definition) is 2. The van der Waals surface area contributed by atoms with Crippen molar-refractivity contribution in [1.82, 2.24) is 15.1 Å². The molecule has 4 rings (SSSR count). The summed E-state index contributed by atoms with van der Waals surface area (Å²) in [7, 11) is 1.95. The molecule has 0 radical (unpaired) electrons. The van der Waals surface area contributed by atoms with Crippen molar-refractivity contribution < 1.29 is 22.4 Å². The van der Waals surface area contributed by atoms with Gasteiger partial charge in [0.1, 0.15) is 11.5 Å². The third-order valence-electron chi connectivity index (χ3n) is 5.55. The van der Waals surface area contributed by atoms with Gasteiger partial charge in [0.05, 0.1) is 23.4 Å². The van der Waals surface area contributed by atoms with Crippen LogP contribution in [0.2, 0.25) is 0 Å². The van der Waals surface area contributed by atoms with Crippen LogP contribution in [0.25, 0.3) is 0 Å². The van der Waals surface area contributed by atoms with Gasteiger partial charge in [0, 0.05) is 12.1 Å². The second-order valence-corrected chi connectivity index (χ2v) is 7.89. The summed E-state index contributed by atoms with van der Waals surface area (Å²) in [5.74, 6) is -1.67. The minimum atomic E-state index is -4.71. The summed E-state index contributed by atoms with van der Waals surface area (Å²) >= 11 is 0. The molecule has 2 aromatic carbocycles. The Morgan fingerprint density at radius 3 is 2.42 bits per heavy atom. The second kappa shape index (κ2) is 8.67. The molecule has 2 N–H and O–H groups in total. The van der Waals surface area contributed by atoms with Crippen molar-refractivity contribution in [3.05, 3.63) is 82.4 Å². The number of amides is 1. The minimum Gasteiger partial charge on any atom is -0.318 e. The van der Waals surface area contributed by atoms with Crippen molar-refractivity contribution in [3.63, 3.8) is 0 Å². The average Bonchev–Trinajstić information content (AvgIpc) is 3.51. The summed E-state index contributed by atoms with van der Waals surface area (Å²) in [6.45, 7) is 0. The van der Waals surface area contributed by atoms with Gasteiger partial charge in [0.15, 0.2) is 5.69 Å². The Labute approximate surface area is 186 Å². The normalized spacial score (nSPS) is 14.7. The van der Waals surface area contributed by atoms with Gasteiger partial charge in [-0.2, -0.15) is 23.5 Å². The lowest BCUT2D eigenvalue weighted by Crippen LogP contribution is -2.28. The molecular weight excluding hydrogens is 438 g/mol. The maximum Gasteiger partial charge on any atom is 0.435 e. The van der Waals surface area contributed by atoms with E-state index in [0.717, 1.165) is 18.4 Å². The quantitative estimate of drug-likeness (QED) is 0.517. The number of nitrogens with one attached hydrogen (secondary N) is 2. The van der Waals surface area contributed by atoms with E-state index in [1.807, 2.05) is 24.3 Å². The Morgan fingerprint density at radius 1 is 1.18 bits per heavy atom. The molecule has 1 saturated carbocycles. The Hall–Kier alpha value is -3.71. The number of H-pyrrole nitrogens is 1. The molecule has 0 bridgehead atoms. The molecule has 33 heavy (non-hydrogen) atoms. The highest BCUT2D eigenvalue weighted by Crippen LogP contribution is 2.38. The van der Waals surface area contributed by atoms with Crippen LogP contribution in [-0.4, -0.2) is 34.1 Å². The number of benzene rings is 2. The van der Waals surface area contributed by atoms with Crippen LogP contribution in [0.4, 0.5) is 23.2 Å². The van der Waals surface area contributed by atoms with Crippen LogP contribution in [0.3, 0.4) is 0 Å². The monoisotopic (exact) mass is 457 g/mol. The van der Waals surface area contributed by atoms with Gasteiger partial charge in [-0.05, 0) is 55.3 Å². The molecule has 1 aliphatic carbocycles. The molecule has 0 spiro atoms. The first-order chi connectivity index (χ1) is 15.7. The number of hydrogen-bond acceptors (Lipinski definition) is 4. The Bertz CT molecular complexity index is 1210. The van der Waals surface area contributed by atoms with Crippen LogP contribution in [-0.2, 0) is 6.18 Å². The Balaban J connectivity index is 1.64. The van der Waals surface area contributed by atoms with Crippen molar-refractivity contribution in [2.24, 2.45) is 0 Å². The van der Waals surface area contributed by atoms with Gasteiger partial charge in [-0.25, -0.2) is 4.39 Å². The van der Waals surface area contributed by atoms with E-state index in [4.69, 9.17) is 5.26 Å². The first-order valence-corrected chi connectivity index (χ1v) is 10.1. The van der Waals surface area contributed by atoms with Crippen molar-refractivity contribution in [1.29, 1.82) is 5.26 Å². The average molecular weight is 457 g/mol. The zero-order chi connectivity index (χ0) is 23.8. The summed E-state index contributed by atoms with van der Waals surface area (Å²) < 4.78 is 52.8. The number of nitriles is 1. The van der Waals surface area contributed by atoms with Gasteiger partial charge in [-0.3, -0.25) is 14.8 Å². The topological polar surface area (TPSA) is 84.8 Å². The van der Waals surface area contributed by atoms with Gasteiger partial charge in [-0.15, -0.1) is 0 Å². The van der Waals surface area contributed by atoms with Crippen LogP contribution < -0.4 is 5.32 Å². The number of rotatable bonds is 6. The summed E-state index contributed by atoms with van der Waals surface area (Å²) in [4.78, 5) is 14.6. The van der Waals surface area contributed by atoms with Crippen LogP contribution in [0.5, 0.6) is 0 Å². The third kappa shape index (κ3) is 4.88. The Morgan fingerprint density at radius 2 is 1.85 bits per heavy atom. The van der Waals surface area contributed by atoms with Crippen LogP contribution in [0.1, 0.15) is 51.8 Å². The van der Waals surface area contributed by atoms with E-state index in [9.17, 15) is 22.4 Å².